The Kier molecular flexibility index (Phi) is 6.32. The van der Waals surface area contributed by atoms with E-state index >= 15 is 0 Å². The second-order valence-electron chi connectivity index (χ2n) is 7.87. The molecule has 1 amide bonds. The van der Waals surface area contributed by atoms with Gasteiger partial charge in [0, 0.05) is 17.6 Å². The van der Waals surface area contributed by atoms with Crippen molar-refractivity contribution in [3.8, 4) is 5.69 Å². The largest absolute Gasteiger partial charge is 0.478 e. The van der Waals surface area contributed by atoms with E-state index in [4.69, 9.17) is 10.1 Å². The van der Waals surface area contributed by atoms with Gasteiger partial charge in [0.15, 0.2) is 5.17 Å². The Balaban J connectivity index is 1.49. The van der Waals surface area contributed by atoms with Crippen LogP contribution in [0.4, 0.5) is 5.69 Å². The molecule has 6 nitrogen and oxygen atoms in total. The Morgan fingerprint density at radius 3 is 2.26 bits per heavy atom. The SMILES string of the molecule is O=C(O)c1ccc(-n2cccc2/C=C2\SC(=Nc3ccccc3)N(Cc3ccccc3)C2=O)cc1. The molecule has 1 saturated heterocycles. The van der Waals surface area contributed by atoms with Crippen molar-refractivity contribution in [2.24, 2.45) is 4.99 Å². The summed E-state index contributed by atoms with van der Waals surface area (Å²) in [7, 11) is 0. The van der Waals surface area contributed by atoms with E-state index in [0.717, 1.165) is 22.6 Å². The Labute approximate surface area is 206 Å². The molecule has 0 bridgehead atoms. The fourth-order valence-corrected chi connectivity index (χ4v) is 4.74. The van der Waals surface area contributed by atoms with Gasteiger partial charge < -0.3 is 9.67 Å². The van der Waals surface area contributed by atoms with Gasteiger partial charge in [-0.1, -0.05) is 48.5 Å². The van der Waals surface area contributed by atoms with E-state index in [2.05, 4.69) is 0 Å². The predicted molar refractivity (Wildman–Crippen MR) is 139 cm³/mol. The van der Waals surface area contributed by atoms with Gasteiger partial charge in [0.05, 0.1) is 22.7 Å². The molecule has 4 aromatic rings. The summed E-state index contributed by atoms with van der Waals surface area (Å²) in [6, 6.07) is 29.9. The van der Waals surface area contributed by atoms with Crippen LogP contribution in [0.3, 0.4) is 0 Å². The maximum Gasteiger partial charge on any atom is 0.335 e. The summed E-state index contributed by atoms with van der Waals surface area (Å²) in [5, 5.41) is 9.79. The van der Waals surface area contributed by atoms with Crippen LogP contribution in [0.1, 0.15) is 21.6 Å². The molecular formula is C28H21N3O3S. The third-order valence-electron chi connectivity index (χ3n) is 5.50. The van der Waals surface area contributed by atoms with E-state index in [1.807, 2.05) is 89.6 Å². The van der Waals surface area contributed by atoms with Crippen LogP contribution in [-0.4, -0.2) is 31.6 Å². The number of hydrogen-bond donors (Lipinski definition) is 1. The van der Waals surface area contributed by atoms with Gasteiger partial charge in [-0.05, 0) is 71.9 Å². The van der Waals surface area contributed by atoms with Gasteiger partial charge in [0.25, 0.3) is 5.91 Å². The summed E-state index contributed by atoms with van der Waals surface area (Å²) in [6.45, 7) is 0.424. The lowest BCUT2D eigenvalue weighted by molar-refractivity contribution is -0.122. The summed E-state index contributed by atoms with van der Waals surface area (Å²) in [5.41, 5.74) is 3.64. The van der Waals surface area contributed by atoms with E-state index in [0.29, 0.717) is 16.6 Å². The highest BCUT2D eigenvalue weighted by Crippen LogP contribution is 2.35. The van der Waals surface area contributed by atoms with E-state index in [1.54, 1.807) is 29.2 Å². The lowest BCUT2D eigenvalue weighted by atomic mass is 10.2. The number of hydrogen-bond acceptors (Lipinski definition) is 4. The van der Waals surface area contributed by atoms with Crippen molar-refractivity contribution < 1.29 is 14.7 Å². The number of aromatic nitrogens is 1. The maximum atomic E-state index is 13.5. The molecule has 7 heteroatoms. The van der Waals surface area contributed by atoms with Crippen LogP contribution >= 0.6 is 11.8 Å². The molecule has 0 saturated carbocycles. The Hall–Kier alpha value is -4.36. The monoisotopic (exact) mass is 479 g/mol. The van der Waals surface area contributed by atoms with Crippen molar-refractivity contribution in [2.45, 2.75) is 6.54 Å². The highest BCUT2D eigenvalue weighted by Gasteiger charge is 2.33. The molecule has 35 heavy (non-hydrogen) atoms. The zero-order valence-corrected chi connectivity index (χ0v) is 19.4. The van der Waals surface area contributed by atoms with Crippen LogP contribution in [0.15, 0.2) is 113 Å². The number of para-hydroxylation sites is 1. The maximum absolute atomic E-state index is 13.5. The minimum atomic E-state index is -0.969. The molecule has 1 aromatic heterocycles. The number of thioether (sulfide) groups is 1. The number of amidine groups is 1. The van der Waals surface area contributed by atoms with Gasteiger partial charge in [-0.25, -0.2) is 9.79 Å². The number of carbonyl (C=O) groups excluding carboxylic acids is 1. The number of carboxylic acid groups (broad SMARTS) is 1. The standard InChI is InChI=1S/C28H21N3O3S/c32-26-25(18-24-12-7-17-30(24)23-15-13-21(14-16-23)27(33)34)35-28(29-22-10-5-2-6-11-22)31(26)19-20-8-3-1-4-9-20/h1-18H,19H2,(H,33,34)/b25-18-,29-28?. The number of rotatable bonds is 6. The fourth-order valence-electron chi connectivity index (χ4n) is 3.76. The number of aromatic carboxylic acids is 1. The lowest BCUT2D eigenvalue weighted by Gasteiger charge is -2.15. The van der Waals surface area contributed by atoms with Crippen LogP contribution in [0.25, 0.3) is 11.8 Å². The summed E-state index contributed by atoms with van der Waals surface area (Å²) in [4.78, 5) is 31.7. The molecule has 2 heterocycles. The number of aliphatic imine (C=N–C) groups is 1. The summed E-state index contributed by atoms with van der Waals surface area (Å²) in [5.74, 6) is -1.08. The first-order valence-corrected chi connectivity index (χ1v) is 11.8. The van der Waals surface area contributed by atoms with Gasteiger partial charge in [-0.2, -0.15) is 0 Å². The fraction of sp³-hybridized carbons (Fsp3) is 0.0357. The number of amides is 1. The number of carboxylic acids is 1. The van der Waals surface area contributed by atoms with Crippen molar-refractivity contribution in [1.29, 1.82) is 0 Å². The topological polar surface area (TPSA) is 74.9 Å². The molecule has 0 aliphatic carbocycles. The highest BCUT2D eigenvalue weighted by molar-refractivity contribution is 8.18. The van der Waals surface area contributed by atoms with Gasteiger partial charge in [-0.3, -0.25) is 9.69 Å². The molecule has 0 radical (unpaired) electrons. The lowest BCUT2D eigenvalue weighted by Crippen LogP contribution is -2.28. The van der Waals surface area contributed by atoms with Crippen molar-refractivity contribution >= 4 is 40.6 Å². The normalized spacial score (nSPS) is 15.8. The van der Waals surface area contributed by atoms with E-state index < -0.39 is 5.97 Å². The summed E-state index contributed by atoms with van der Waals surface area (Å²) in [6.07, 6.45) is 3.73. The van der Waals surface area contributed by atoms with Crippen molar-refractivity contribution in [2.75, 3.05) is 0 Å². The quantitative estimate of drug-likeness (QED) is 0.345. The molecule has 1 N–H and O–H groups in total. The molecule has 0 spiro atoms. The van der Waals surface area contributed by atoms with Crippen LogP contribution in [0.5, 0.6) is 0 Å². The summed E-state index contributed by atoms with van der Waals surface area (Å²) < 4.78 is 1.92. The highest BCUT2D eigenvalue weighted by atomic mass is 32.2. The average molecular weight is 480 g/mol. The van der Waals surface area contributed by atoms with Gasteiger partial charge in [0.2, 0.25) is 0 Å². The number of benzene rings is 3. The molecule has 0 unspecified atom stereocenters. The molecule has 1 aliphatic heterocycles. The zero-order valence-electron chi connectivity index (χ0n) is 18.6. The van der Waals surface area contributed by atoms with Crippen molar-refractivity contribution in [3.05, 3.63) is 125 Å². The second-order valence-corrected chi connectivity index (χ2v) is 8.88. The van der Waals surface area contributed by atoms with Crippen LogP contribution in [0, 0.1) is 0 Å². The molecule has 5 rings (SSSR count). The number of nitrogens with zero attached hydrogens (tertiary/aromatic N) is 3. The average Bonchev–Trinajstić information content (AvgIpc) is 3.46. The smallest absolute Gasteiger partial charge is 0.335 e. The number of carbonyl (C=O) groups is 2. The van der Waals surface area contributed by atoms with Crippen LogP contribution in [-0.2, 0) is 11.3 Å². The van der Waals surface area contributed by atoms with Crippen LogP contribution in [0.2, 0.25) is 0 Å². The molecule has 0 atom stereocenters. The first-order valence-electron chi connectivity index (χ1n) is 11.0. The molecule has 172 valence electrons. The minimum absolute atomic E-state index is 0.109. The second kappa shape index (κ2) is 9.87. The molecule has 1 fully saturated rings. The van der Waals surface area contributed by atoms with Crippen molar-refractivity contribution in [3.63, 3.8) is 0 Å². The third-order valence-corrected chi connectivity index (χ3v) is 6.51. The van der Waals surface area contributed by atoms with Gasteiger partial charge in [-0.15, -0.1) is 0 Å². The molecule has 3 aromatic carbocycles. The van der Waals surface area contributed by atoms with E-state index in [1.165, 1.54) is 11.8 Å². The molecular weight excluding hydrogens is 458 g/mol. The van der Waals surface area contributed by atoms with Gasteiger partial charge in [0.1, 0.15) is 0 Å². The van der Waals surface area contributed by atoms with E-state index in [-0.39, 0.29) is 11.5 Å². The van der Waals surface area contributed by atoms with Gasteiger partial charge >= 0.3 is 5.97 Å². The van der Waals surface area contributed by atoms with E-state index in [9.17, 15) is 9.59 Å². The van der Waals surface area contributed by atoms with Crippen LogP contribution < -0.4 is 0 Å². The summed E-state index contributed by atoms with van der Waals surface area (Å²) >= 11 is 1.35. The minimum Gasteiger partial charge on any atom is -0.478 e. The van der Waals surface area contributed by atoms with Crippen molar-refractivity contribution in [1.82, 2.24) is 9.47 Å². The zero-order chi connectivity index (χ0) is 24.2. The Morgan fingerprint density at radius 1 is 0.886 bits per heavy atom. The Morgan fingerprint density at radius 2 is 1.57 bits per heavy atom. The predicted octanol–water partition coefficient (Wildman–Crippen LogP) is 5.98. The molecule has 1 aliphatic rings. The first kappa shape index (κ1) is 22.4. The third kappa shape index (κ3) is 4.95. The first-order chi connectivity index (χ1) is 17.1. The Bertz CT molecular complexity index is 1430.